The van der Waals surface area contributed by atoms with Crippen molar-refractivity contribution < 1.29 is 23.4 Å². The Morgan fingerprint density at radius 1 is 0.822 bits per heavy atom. The highest BCUT2D eigenvalue weighted by Crippen LogP contribution is 2.32. The molecule has 0 aliphatic rings. The predicted octanol–water partition coefficient (Wildman–Crippen LogP) is 7.77. The van der Waals surface area contributed by atoms with E-state index in [0.29, 0.717) is 35.2 Å². The molecule has 0 radical (unpaired) electrons. The normalized spacial score (nSPS) is 11.2. The summed E-state index contributed by atoms with van der Waals surface area (Å²) in [6, 6.07) is 35.1. The number of amides is 1. The molecule has 0 aliphatic carbocycles. The van der Waals surface area contributed by atoms with Crippen molar-refractivity contribution >= 4 is 22.9 Å². The van der Waals surface area contributed by atoms with Crippen LogP contribution in [0.2, 0.25) is 0 Å². The summed E-state index contributed by atoms with van der Waals surface area (Å²) in [4.78, 5) is 12.8. The molecule has 1 N–H and O–H groups in total. The number of furan rings is 1. The van der Waals surface area contributed by atoms with Gasteiger partial charge in [0.15, 0.2) is 17.3 Å². The first kappa shape index (κ1) is 29.3. The maximum Gasteiger partial charge on any atom is 0.307 e. The van der Waals surface area contributed by atoms with Crippen LogP contribution >= 0.6 is 0 Å². The van der Waals surface area contributed by atoms with Gasteiger partial charge in [-0.1, -0.05) is 48.5 Å². The van der Waals surface area contributed by atoms with E-state index in [4.69, 9.17) is 18.6 Å². The van der Waals surface area contributed by atoms with Crippen LogP contribution in [-0.4, -0.2) is 23.8 Å². The number of ether oxygens (including phenoxy) is 3. The van der Waals surface area contributed by atoms with Gasteiger partial charge < -0.3 is 23.2 Å². The second kappa shape index (κ2) is 13.3. The summed E-state index contributed by atoms with van der Waals surface area (Å²) in [5.41, 5.74) is 7.62. The van der Waals surface area contributed by atoms with Crippen molar-refractivity contribution in [2.24, 2.45) is 5.10 Å². The SMILES string of the molecule is COc1cccc(C=NNC(=O)c2ccc(COc3ccc(-n4c(C)ccc4C)cc3)o2)c1OCc1cccc2ccccc12. The Hall–Kier alpha value is -5.76. The highest BCUT2D eigenvalue weighted by molar-refractivity contribution is 5.93. The number of nitrogens with zero attached hydrogens (tertiary/aromatic N) is 2. The number of hydrazone groups is 1. The van der Waals surface area contributed by atoms with Crippen LogP contribution in [0.1, 0.15) is 38.8 Å². The third-order valence-corrected chi connectivity index (χ3v) is 7.48. The summed E-state index contributed by atoms with van der Waals surface area (Å²) in [7, 11) is 1.58. The maximum absolute atomic E-state index is 12.8. The van der Waals surface area contributed by atoms with Gasteiger partial charge in [0.25, 0.3) is 0 Å². The summed E-state index contributed by atoms with van der Waals surface area (Å²) >= 11 is 0. The lowest BCUT2D eigenvalue weighted by molar-refractivity contribution is 0.0923. The minimum Gasteiger partial charge on any atom is -0.493 e. The Kier molecular flexibility index (Phi) is 8.64. The molecule has 0 spiro atoms. The number of methoxy groups -OCH3 is 1. The van der Waals surface area contributed by atoms with Crippen molar-refractivity contribution in [2.75, 3.05) is 7.11 Å². The fourth-order valence-electron chi connectivity index (χ4n) is 5.23. The van der Waals surface area contributed by atoms with E-state index >= 15 is 0 Å². The lowest BCUT2D eigenvalue weighted by atomic mass is 10.1. The largest absolute Gasteiger partial charge is 0.493 e. The molecular formula is C37H33N3O5. The van der Waals surface area contributed by atoms with E-state index in [2.05, 4.69) is 59.3 Å². The van der Waals surface area contributed by atoms with Crippen LogP contribution in [0.25, 0.3) is 16.5 Å². The van der Waals surface area contributed by atoms with Gasteiger partial charge in [-0.25, -0.2) is 5.43 Å². The number of carbonyl (C=O) groups is 1. The Morgan fingerprint density at radius 2 is 1.58 bits per heavy atom. The van der Waals surface area contributed by atoms with Gasteiger partial charge in [0.2, 0.25) is 0 Å². The van der Waals surface area contributed by atoms with E-state index in [1.807, 2.05) is 66.7 Å². The van der Waals surface area contributed by atoms with E-state index < -0.39 is 5.91 Å². The average molecular weight is 600 g/mol. The zero-order valence-corrected chi connectivity index (χ0v) is 25.3. The van der Waals surface area contributed by atoms with Crippen LogP contribution in [0.15, 0.2) is 119 Å². The van der Waals surface area contributed by atoms with Crippen LogP contribution in [0.4, 0.5) is 0 Å². The van der Waals surface area contributed by atoms with E-state index in [1.165, 1.54) is 17.6 Å². The third kappa shape index (κ3) is 6.60. The van der Waals surface area contributed by atoms with Gasteiger partial charge in [-0.3, -0.25) is 4.79 Å². The standard InChI is InChI=1S/C37H33N3O5/c1-25-14-15-26(2)40(25)30-16-18-31(19-17-30)43-24-32-20-21-35(45-32)37(41)39-38-22-28-10-7-13-34(42-3)36(28)44-23-29-11-6-9-27-8-4-5-12-33(27)29/h4-22H,23-24H2,1-3H3,(H,39,41). The number of aryl methyl sites for hydroxylation is 2. The monoisotopic (exact) mass is 599 g/mol. The molecule has 0 bridgehead atoms. The first-order valence-electron chi connectivity index (χ1n) is 14.6. The Labute approximate surface area is 261 Å². The first-order chi connectivity index (χ1) is 22.0. The zero-order valence-electron chi connectivity index (χ0n) is 25.3. The van der Waals surface area contributed by atoms with Crippen molar-refractivity contribution in [3.63, 3.8) is 0 Å². The lowest BCUT2D eigenvalue weighted by Gasteiger charge is -2.14. The summed E-state index contributed by atoms with van der Waals surface area (Å²) in [5, 5.41) is 6.41. The fourth-order valence-corrected chi connectivity index (χ4v) is 5.23. The van der Waals surface area contributed by atoms with Gasteiger partial charge in [-0.05, 0) is 90.8 Å². The summed E-state index contributed by atoms with van der Waals surface area (Å²) < 4.78 is 25.5. The minimum absolute atomic E-state index is 0.123. The van der Waals surface area contributed by atoms with E-state index in [-0.39, 0.29) is 12.4 Å². The number of rotatable bonds is 11. The molecule has 2 heterocycles. The molecule has 0 saturated carbocycles. The molecule has 0 aliphatic heterocycles. The highest BCUT2D eigenvalue weighted by atomic mass is 16.5. The summed E-state index contributed by atoms with van der Waals surface area (Å²) in [6.45, 7) is 4.67. The molecule has 8 heteroatoms. The number of hydrogen-bond acceptors (Lipinski definition) is 6. The van der Waals surface area contributed by atoms with Crippen LogP contribution in [0.3, 0.4) is 0 Å². The molecule has 0 fully saturated rings. The lowest BCUT2D eigenvalue weighted by Crippen LogP contribution is -2.17. The molecule has 45 heavy (non-hydrogen) atoms. The Morgan fingerprint density at radius 3 is 2.38 bits per heavy atom. The second-order valence-electron chi connectivity index (χ2n) is 10.5. The number of fused-ring (bicyclic) bond motifs is 1. The van der Waals surface area contributed by atoms with Crippen molar-refractivity contribution in [1.82, 2.24) is 9.99 Å². The van der Waals surface area contributed by atoms with Gasteiger partial charge in [-0.15, -0.1) is 0 Å². The molecule has 0 saturated heterocycles. The summed E-state index contributed by atoms with van der Waals surface area (Å²) in [5.74, 6) is 1.94. The van der Waals surface area contributed by atoms with Crippen LogP contribution in [-0.2, 0) is 13.2 Å². The average Bonchev–Trinajstić information content (AvgIpc) is 3.69. The van der Waals surface area contributed by atoms with Crippen molar-refractivity contribution in [3.05, 3.63) is 143 Å². The molecule has 6 aromatic rings. The molecule has 1 amide bonds. The fraction of sp³-hybridized carbons (Fsp3) is 0.135. The molecule has 2 aromatic heterocycles. The number of benzene rings is 4. The summed E-state index contributed by atoms with van der Waals surface area (Å²) in [6.07, 6.45) is 1.52. The van der Waals surface area contributed by atoms with Crippen molar-refractivity contribution in [3.8, 4) is 22.9 Å². The smallest absolute Gasteiger partial charge is 0.307 e. The minimum atomic E-state index is -0.486. The molecule has 226 valence electrons. The quantitative estimate of drug-likeness (QED) is 0.121. The molecule has 0 unspecified atom stereocenters. The predicted molar refractivity (Wildman–Crippen MR) is 175 cm³/mol. The van der Waals surface area contributed by atoms with Gasteiger partial charge in [-0.2, -0.15) is 5.10 Å². The number of carbonyl (C=O) groups excluding carboxylic acids is 1. The number of aromatic nitrogens is 1. The number of nitrogens with one attached hydrogen (secondary N) is 1. The Bertz CT molecular complexity index is 1950. The molecule has 4 aromatic carbocycles. The van der Waals surface area contributed by atoms with Crippen LogP contribution in [0.5, 0.6) is 17.2 Å². The first-order valence-corrected chi connectivity index (χ1v) is 14.6. The topological polar surface area (TPSA) is 87.2 Å². The van der Waals surface area contributed by atoms with Gasteiger partial charge in [0.1, 0.15) is 24.7 Å². The van der Waals surface area contributed by atoms with Crippen LogP contribution in [0, 0.1) is 13.8 Å². The molecule has 0 atom stereocenters. The highest BCUT2D eigenvalue weighted by Gasteiger charge is 2.13. The van der Waals surface area contributed by atoms with Gasteiger partial charge in [0.05, 0.1) is 13.3 Å². The third-order valence-electron chi connectivity index (χ3n) is 7.48. The van der Waals surface area contributed by atoms with Gasteiger partial charge in [0, 0.05) is 22.6 Å². The molecular weight excluding hydrogens is 566 g/mol. The molecule has 6 rings (SSSR count). The Balaban J connectivity index is 1.07. The molecule has 8 nitrogen and oxygen atoms in total. The van der Waals surface area contributed by atoms with E-state index in [0.717, 1.165) is 22.0 Å². The van der Waals surface area contributed by atoms with E-state index in [1.54, 1.807) is 19.2 Å². The van der Waals surface area contributed by atoms with E-state index in [9.17, 15) is 4.79 Å². The zero-order chi connectivity index (χ0) is 31.2. The number of para-hydroxylation sites is 1. The maximum atomic E-state index is 12.8. The van der Waals surface area contributed by atoms with Crippen molar-refractivity contribution in [1.29, 1.82) is 0 Å². The van der Waals surface area contributed by atoms with Crippen molar-refractivity contribution in [2.45, 2.75) is 27.1 Å². The number of hydrogen-bond donors (Lipinski definition) is 1. The van der Waals surface area contributed by atoms with Gasteiger partial charge >= 0.3 is 5.91 Å². The second-order valence-corrected chi connectivity index (χ2v) is 10.5. The van der Waals surface area contributed by atoms with Crippen LogP contribution < -0.4 is 19.6 Å².